The van der Waals surface area contributed by atoms with E-state index in [0.29, 0.717) is 17.0 Å². The molecule has 1 N–H and O–H groups in total. The molecule has 1 aromatic carbocycles. The van der Waals surface area contributed by atoms with Crippen molar-refractivity contribution < 1.29 is 4.79 Å². The maximum Gasteiger partial charge on any atom is 0.252 e. The Morgan fingerprint density at radius 2 is 2.33 bits per heavy atom. The summed E-state index contributed by atoms with van der Waals surface area (Å²) in [4.78, 5) is 16.7. The molecular formula is C12H11BrN2OS2. The van der Waals surface area contributed by atoms with E-state index in [2.05, 4.69) is 38.9 Å². The second-order valence-electron chi connectivity index (χ2n) is 3.65. The second-order valence-corrected chi connectivity index (χ2v) is 5.76. The van der Waals surface area contributed by atoms with Gasteiger partial charge in [-0.15, -0.1) is 24.0 Å². The number of thiol groups is 1. The Hall–Kier alpha value is -0.850. The zero-order valence-electron chi connectivity index (χ0n) is 9.39. The molecule has 0 atom stereocenters. The summed E-state index contributed by atoms with van der Waals surface area (Å²) in [6.07, 6.45) is 0.744. The molecule has 0 aliphatic heterocycles. The first-order valence-corrected chi connectivity index (χ1v) is 7.49. The maximum atomic E-state index is 11.9. The molecule has 0 aliphatic rings. The van der Waals surface area contributed by atoms with E-state index in [9.17, 15) is 4.79 Å². The Kier molecular flexibility index (Phi) is 4.79. The van der Waals surface area contributed by atoms with E-state index in [1.807, 2.05) is 11.4 Å². The monoisotopic (exact) mass is 342 g/mol. The zero-order chi connectivity index (χ0) is 13.0. The van der Waals surface area contributed by atoms with Crippen LogP contribution in [0.15, 0.2) is 38.5 Å². The topological polar surface area (TPSA) is 42.0 Å². The summed E-state index contributed by atoms with van der Waals surface area (Å²) in [6.45, 7) is 0.575. The van der Waals surface area contributed by atoms with Crippen molar-refractivity contribution in [3.63, 3.8) is 0 Å². The highest BCUT2D eigenvalue weighted by molar-refractivity contribution is 9.10. The molecule has 3 nitrogen and oxygen atoms in total. The van der Waals surface area contributed by atoms with Crippen LogP contribution in [0.3, 0.4) is 0 Å². The number of aromatic nitrogens is 1. The number of halogens is 1. The summed E-state index contributed by atoms with van der Waals surface area (Å²) in [5, 5.41) is 4.84. The van der Waals surface area contributed by atoms with Crippen LogP contribution < -0.4 is 5.32 Å². The minimum atomic E-state index is -0.109. The number of benzene rings is 1. The fourth-order valence-electron chi connectivity index (χ4n) is 1.46. The van der Waals surface area contributed by atoms with Gasteiger partial charge in [-0.1, -0.05) is 15.9 Å². The first-order chi connectivity index (χ1) is 8.66. The predicted octanol–water partition coefficient (Wildman–Crippen LogP) is 3.17. The molecule has 0 spiro atoms. The maximum absolute atomic E-state index is 11.9. The molecule has 0 bridgehead atoms. The summed E-state index contributed by atoms with van der Waals surface area (Å²) in [5.74, 6) is -0.109. The molecule has 94 valence electrons. The molecule has 6 heteroatoms. The lowest BCUT2D eigenvalue weighted by Gasteiger charge is -2.06. The third kappa shape index (κ3) is 3.57. The molecule has 1 amide bonds. The number of carbonyl (C=O) groups is 1. The Morgan fingerprint density at radius 3 is 3.00 bits per heavy atom. The number of nitrogens with one attached hydrogen (secondary N) is 1. The van der Waals surface area contributed by atoms with Crippen molar-refractivity contribution >= 4 is 45.8 Å². The van der Waals surface area contributed by atoms with Gasteiger partial charge in [0.2, 0.25) is 0 Å². The van der Waals surface area contributed by atoms with Crippen molar-refractivity contribution in [2.24, 2.45) is 0 Å². The quantitative estimate of drug-likeness (QED) is 0.838. The summed E-state index contributed by atoms with van der Waals surface area (Å²) in [7, 11) is 0. The van der Waals surface area contributed by atoms with Gasteiger partial charge >= 0.3 is 0 Å². The van der Waals surface area contributed by atoms with Crippen LogP contribution in [-0.2, 0) is 6.42 Å². The molecule has 0 unspecified atom stereocenters. The average Bonchev–Trinajstić information content (AvgIpc) is 2.81. The van der Waals surface area contributed by atoms with Gasteiger partial charge in [0.25, 0.3) is 5.91 Å². The van der Waals surface area contributed by atoms with Crippen molar-refractivity contribution in [2.45, 2.75) is 11.3 Å². The van der Waals surface area contributed by atoms with Crippen molar-refractivity contribution in [1.29, 1.82) is 0 Å². The van der Waals surface area contributed by atoms with Crippen LogP contribution in [0.2, 0.25) is 0 Å². The predicted molar refractivity (Wildman–Crippen MR) is 79.5 cm³/mol. The Morgan fingerprint density at radius 1 is 1.50 bits per heavy atom. The average molecular weight is 343 g/mol. The van der Waals surface area contributed by atoms with E-state index in [0.717, 1.165) is 16.6 Å². The number of rotatable bonds is 4. The number of hydrogen-bond donors (Lipinski definition) is 2. The van der Waals surface area contributed by atoms with Crippen LogP contribution in [0, 0.1) is 0 Å². The van der Waals surface area contributed by atoms with Crippen LogP contribution in [0.1, 0.15) is 16.1 Å². The third-order valence-corrected chi connectivity index (χ3v) is 3.85. The Bertz CT molecular complexity index is 543. The number of hydrogen-bond acceptors (Lipinski definition) is 4. The van der Waals surface area contributed by atoms with Gasteiger partial charge in [-0.25, -0.2) is 4.98 Å². The molecule has 0 radical (unpaired) electrons. The summed E-state index contributed by atoms with van der Waals surface area (Å²) in [5.41, 5.74) is 3.37. The lowest BCUT2D eigenvalue weighted by Crippen LogP contribution is -2.26. The molecule has 2 aromatic rings. The van der Waals surface area contributed by atoms with Gasteiger partial charge in [0.1, 0.15) is 0 Å². The van der Waals surface area contributed by atoms with E-state index in [-0.39, 0.29) is 5.91 Å². The lowest BCUT2D eigenvalue weighted by molar-refractivity contribution is 0.0951. The fourth-order valence-corrected chi connectivity index (χ4v) is 2.90. The summed E-state index contributed by atoms with van der Waals surface area (Å²) < 4.78 is 0.909. The fraction of sp³-hybridized carbons (Fsp3) is 0.167. The molecule has 0 fully saturated rings. The van der Waals surface area contributed by atoms with E-state index >= 15 is 0 Å². The van der Waals surface area contributed by atoms with Gasteiger partial charge in [-0.2, -0.15) is 0 Å². The molecule has 1 aromatic heterocycles. The standard InChI is InChI=1S/C12H11BrN2OS2/c13-8-1-2-10(11(17)5-8)12(16)14-4-3-9-6-18-7-15-9/h1-2,5-7,17H,3-4H2,(H,14,16). The van der Waals surface area contributed by atoms with Gasteiger partial charge < -0.3 is 5.32 Å². The Balaban J connectivity index is 1.91. The summed E-state index contributed by atoms with van der Waals surface area (Å²) in [6, 6.07) is 5.39. The molecule has 18 heavy (non-hydrogen) atoms. The molecule has 0 aliphatic carbocycles. The van der Waals surface area contributed by atoms with Gasteiger partial charge in [0, 0.05) is 27.7 Å². The minimum Gasteiger partial charge on any atom is -0.352 e. The van der Waals surface area contributed by atoms with Gasteiger partial charge in [0.05, 0.1) is 16.8 Å². The molecule has 2 rings (SSSR count). The first kappa shape index (κ1) is 13.6. The van der Waals surface area contributed by atoms with Crippen molar-refractivity contribution in [3.8, 4) is 0 Å². The molecule has 0 saturated carbocycles. The number of amides is 1. The number of nitrogens with zero attached hydrogens (tertiary/aromatic N) is 1. The van der Waals surface area contributed by atoms with Crippen LogP contribution in [0.5, 0.6) is 0 Å². The SMILES string of the molecule is O=C(NCCc1cscn1)c1ccc(Br)cc1S. The highest BCUT2D eigenvalue weighted by Gasteiger charge is 2.09. The van der Waals surface area contributed by atoms with E-state index in [1.165, 1.54) is 0 Å². The van der Waals surface area contributed by atoms with E-state index in [4.69, 9.17) is 0 Å². The van der Waals surface area contributed by atoms with Crippen LogP contribution >= 0.6 is 39.9 Å². The largest absolute Gasteiger partial charge is 0.352 e. The van der Waals surface area contributed by atoms with Gasteiger partial charge in [-0.05, 0) is 18.2 Å². The first-order valence-electron chi connectivity index (χ1n) is 5.30. The zero-order valence-corrected chi connectivity index (χ0v) is 12.7. The molecule has 0 saturated heterocycles. The lowest BCUT2D eigenvalue weighted by atomic mass is 10.2. The van der Waals surface area contributed by atoms with E-state index < -0.39 is 0 Å². The van der Waals surface area contributed by atoms with Crippen molar-refractivity contribution in [3.05, 3.63) is 44.8 Å². The van der Waals surface area contributed by atoms with E-state index in [1.54, 1.807) is 29.0 Å². The Labute approximate surface area is 123 Å². The highest BCUT2D eigenvalue weighted by atomic mass is 79.9. The number of thiazole rings is 1. The molecular weight excluding hydrogens is 332 g/mol. The molecule has 1 heterocycles. The van der Waals surface area contributed by atoms with Crippen molar-refractivity contribution in [2.75, 3.05) is 6.54 Å². The number of carbonyl (C=O) groups excluding carboxylic acids is 1. The third-order valence-electron chi connectivity index (χ3n) is 2.35. The van der Waals surface area contributed by atoms with Crippen LogP contribution in [0.25, 0.3) is 0 Å². The smallest absolute Gasteiger partial charge is 0.252 e. The van der Waals surface area contributed by atoms with Gasteiger partial charge in [-0.3, -0.25) is 4.79 Å². The normalized spacial score (nSPS) is 10.3. The highest BCUT2D eigenvalue weighted by Crippen LogP contribution is 2.19. The van der Waals surface area contributed by atoms with Gasteiger partial charge in [0.15, 0.2) is 0 Å². The summed E-state index contributed by atoms with van der Waals surface area (Å²) >= 11 is 9.18. The minimum absolute atomic E-state index is 0.109. The van der Waals surface area contributed by atoms with Crippen LogP contribution in [0.4, 0.5) is 0 Å². The van der Waals surface area contributed by atoms with Crippen LogP contribution in [-0.4, -0.2) is 17.4 Å². The van der Waals surface area contributed by atoms with Crippen molar-refractivity contribution in [1.82, 2.24) is 10.3 Å². The second kappa shape index (κ2) is 6.36.